The van der Waals surface area contributed by atoms with Crippen LogP contribution in [0.2, 0.25) is 0 Å². The first-order valence-corrected chi connectivity index (χ1v) is 23.4. The lowest BCUT2D eigenvalue weighted by molar-refractivity contribution is 0.484. The van der Waals surface area contributed by atoms with Gasteiger partial charge in [0.15, 0.2) is 0 Å². The summed E-state index contributed by atoms with van der Waals surface area (Å²) >= 11 is 0. The van der Waals surface area contributed by atoms with Crippen molar-refractivity contribution in [3.05, 3.63) is 251 Å². The van der Waals surface area contributed by atoms with E-state index in [0.29, 0.717) is 0 Å². The molecule has 0 spiro atoms. The van der Waals surface area contributed by atoms with Crippen molar-refractivity contribution in [2.45, 2.75) is 33.1 Å². The summed E-state index contributed by atoms with van der Waals surface area (Å²) in [6, 6.07) is 74.7. The van der Waals surface area contributed by atoms with Crippen LogP contribution in [0.1, 0.15) is 44.5 Å². The molecule has 2 heteroatoms. The van der Waals surface area contributed by atoms with E-state index in [1.54, 1.807) is 0 Å². The molecule has 318 valence electrons. The molecule has 10 aromatic rings. The first-order chi connectivity index (χ1) is 33.0. The van der Waals surface area contributed by atoms with Gasteiger partial charge in [0.2, 0.25) is 0 Å². The summed E-state index contributed by atoms with van der Waals surface area (Å²) in [4.78, 5) is 0. The molecule has 0 bridgehead atoms. The van der Waals surface area contributed by atoms with Crippen LogP contribution in [-0.4, -0.2) is 0 Å². The fraction of sp³-hybridized carbons (Fsp3) is 0.0769. The van der Waals surface area contributed by atoms with Crippen molar-refractivity contribution < 1.29 is 9.47 Å². The number of ether oxygens (including phenoxy) is 2. The summed E-state index contributed by atoms with van der Waals surface area (Å²) in [5, 5.41) is 0. The van der Waals surface area contributed by atoms with Gasteiger partial charge >= 0.3 is 0 Å². The molecule has 0 heterocycles. The van der Waals surface area contributed by atoms with E-state index in [1.807, 2.05) is 0 Å². The summed E-state index contributed by atoms with van der Waals surface area (Å²) < 4.78 is 13.6. The first kappa shape index (κ1) is 39.2. The Balaban J connectivity index is 0.827. The number of hydrogen-bond donors (Lipinski definition) is 0. The highest BCUT2D eigenvalue weighted by Gasteiger charge is 2.27. The molecular weight excluding hydrogens is 813 g/mol. The fourth-order valence-electron chi connectivity index (χ4n) is 11.2. The molecule has 0 amide bonds. The summed E-state index contributed by atoms with van der Waals surface area (Å²) in [5.41, 5.74) is 28.1. The molecule has 3 aliphatic carbocycles. The highest BCUT2D eigenvalue weighted by molar-refractivity contribution is 5.94. The third-order valence-corrected chi connectivity index (χ3v) is 14.2. The molecule has 0 fully saturated rings. The molecule has 0 saturated heterocycles. The number of hydrogen-bond acceptors (Lipinski definition) is 2. The number of rotatable bonds is 8. The standard InChI is InChI=1S/C65H46O2/c1-40-33-56-50-17-7-4-13-44(50)37-60(56)58(35-40)54-19-9-11-21-63(54)66-47-27-23-42(24-28-47)52-31-32-53-49-16-6-3-15-46(49)39-62(53)65(52)43-25-29-48(30-26-43)67-64-22-12-10-20-55(64)59-36-41(2)34-57-51-18-8-5-14-45(51)38-61(57)59/h3-36H,37-39H2,1-2H3. The lowest BCUT2D eigenvalue weighted by Crippen LogP contribution is -1.95. The fourth-order valence-corrected chi connectivity index (χ4v) is 11.2. The molecule has 0 atom stereocenters. The highest BCUT2D eigenvalue weighted by atomic mass is 16.5. The van der Waals surface area contributed by atoms with Crippen molar-refractivity contribution in [2.75, 3.05) is 0 Å². The Morgan fingerprint density at radius 3 is 1.12 bits per heavy atom. The van der Waals surface area contributed by atoms with Gasteiger partial charge in [-0.25, -0.2) is 0 Å². The van der Waals surface area contributed by atoms with Gasteiger partial charge < -0.3 is 9.47 Å². The number of para-hydroxylation sites is 2. The van der Waals surface area contributed by atoms with Gasteiger partial charge in [-0.05, 0) is 181 Å². The van der Waals surface area contributed by atoms with Gasteiger partial charge in [0, 0.05) is 11.1 Å². The molecule has 10 aromatic carbocycles. The zero-order valence-corrected chi connectivity index (χ0v) is 37.6. The van der Waals surface area contributed by atoms with E-state index in [4.69, 9.17) is 9.47 Å². The molecule has 67 heavy (non-hydrogen) atoms. The van der Waals surface area contributed by atoms with Crippen LogP contribution in [0.15, 0.2) is 206 Å². The highest BCUT2D eigenvalue weighted by Crippen LogP contribution is 2.49. The second kappa shape index (κ2) is 15.8. The van der Waals surface area contributed by atoms with E-state index >= 15 is 0 Å². The van der Waals surface area contributed by atoms with E-state index in [2.05, 4.69) is 220 Å². The average molecular weight is 859 g/mol. The van der Waals surface area contributed by atoms with Crippen LogP contribution in [0.3, 0.4) is 0 Å². The maximum Gasteiger partial charge on any atom is 0.135 e. The van der Waals surface area contributed by atoms with Gasteiger partial charge in [0.1, 0.15) is 23.0 Å². The minimum absolute atomic E-state index is 0.806. The van der Waals surface area contributed by atoms with Crippen molar-refractivity contribution in [2.24, 2.45) is 0 Å². The van der Waals surface area contributed by atoms with Crippen LogP contribution in [0.25, 0.3) is 77.9 Å². The number of benzene rings is 10. The lowest BCUT2D eigenvalue weighted by Gasteiger charge is -2.18. The monoisotopic (exact) mass is 858 g/mol. The Hall–Kier alpha value is -8.20. The average Bonchev–Trinajstić information content (AvgIpc) is 4.06. The topological polar surface area (TPSA) is 18.5 Å². The van der Waals surface area contributed by atoms with E-state index in [9.17, 15) is 0 Å². The third kappa shape index (κ3) is 6.71. The Kier molecular flexibility index (Phi) is 9.21. The van der Waals surface area contributed by atoms with Crippen LogP contribution in [0.5, 0.6) is 23.0 Å². The van der Waals surface area contributed by atoms with Crippen LogP contribution < -0.4 is 9.47 Å². The zero-order valence-electron chi connectivity index (χ0n) is 37.6. The van der Waals surface area contributed by atoms with Crippen molar-refractivity contribution in [3.63, 3.8) is 0 Å². The van der Waals surface area contributed by atoms with Gasteiger partial charge in [-0.15, -0.1) is 0 Å². The Labute approximate surface area is 392 Å². The summed E-state index contributed by atoms with van der Waals surface area (Å²) in [7, 11) is 0. The first-order valence-electron chi connectivity index (χ1n) is 23.4. The molecule has 0 saturated carbocycles. The molecule has 3 aliphatic rings. The van der Waals surface area contributed by atoms with E-state index < -0.39 is 0 Å². The Bertz CT molecular complexity index is 3610. The predicted octanol–water partition coefficient (Wildman–Crippen LogP) is 17.3. The van der Waals surface area contributed by atoms with Crippen molar-refractivity contribution >= 4 is 0 Å². The van der Waals surface area contributed by atoms with Crippen molar-refractivity contribution in [3.8, 4) is 101 Å². The third-order valence-electron chi connectivity index (χ3n) is 14.2. The second-order valence-corrected chi connectivity index (χ2v) is 18.4. The Morgan fingerprint density at radius 2 is 0.642 bits per heavy atom. The van der Waals surface area contributed by atoms with E-state index in [0.717, 1.165) is 64.5 Å². The van der Waals surface area contributed by atoms with Gasteiger partial charge in [-0.3, -0.25) is 0 Å². The molecule has 0 unspecified atom stereocenters. The van der Waals surface area contributed by atoms with E-state index in [-0.39, 0.29) is 0 Å². The molecule has 0 radical (unpaired) electrons. The van der Waals surface area contributed by atoms with Crippen LogP contribution in [-0.2, 0) is 19.3 Å². The molecular formula is C65H46O2. The zero-order chi connectivity index (χ0) is 44.6. The predicted molar refractivity (Wildman–Crippen MR) is 275 cm³/mol. The quantitative estimate of drug-likeness (QED) is 0.152. The Morgan fingerprint density at radius 1 is 0.284 bits per heavy atom. The maximum atomic E-state index is 6.82. The largest absolute Gasteiger partial charge is 0.457 e. The van der Waals surface area contributed by atoms with Crippen LogP contribution >= 0.6 is 0 Å². The summed E-state index contributed by atoms with van der Waals surface area (Å²) in [5.74, 6) is 3.33. The lowest BCUT2D eigenvalue weighted by atomic mass is 9.88. The van der Waals surface area contributed by atoms with Gasteiger partial charge in [0.25, 0.3) is 0 Å². The van der Waals surface area contributed by atoms with Gasteiger partial charge in [-0.2, -0.15) is 0 Å². The molecule has 0 aliphatic heterocycles. The molecule has 0 N–H and O–H groups in total. The smallest absolute Gasteiger partial charge is 0.135 e. The summed E-state index contributed by atoms with van der Waals surface area (Å²) in [6.07, 6.45) is 2.73. The number of fused-ring (bicyclic) bond motifs is 9. The molecule has 0 aromatic heterocycles. The normalized spacial score (nSPS) is 12.4. The van der Waals surface area contributed by atoms with Crippen molar-refractivity contribution in [1.82, 2.24) is 0 Å². The number of aryl methyl sites for hydroxylation is 2. The summed E-state index contributed by atoms with van der Waals surface area (Å²) in [6.45, 7) is 4.38. The molecule has 13 rings (SSSR count). The van der Waals surface area contributed by atoms with E-state index in [1.165, 1.54) is 100 Å². The SMILES string of the molecule is Cc1cc2c(c(-c3ccccc3Oc3ccc(-c4ccc5c(c4-c4ccc(Oc6ccccc6-c6cc(C)cc7c6Cc6ccccc6-7)cc4)Cc4ccccc4-5)cc3)c1)Cc1ccccc1-2. The van der Waals surface area contributed by atoms with Crippen molar-refractivity contribution in [1.29, 1.82) is 0 Å². The maximum absolute atomic E-state index is 6.82. The van der Waals surface area contributed by atoms with Crippen LogP contribution in [0, 0.1) is 13.8 Å². The second-order valence-electron chi connectivity index (χ2n) is 18.4. The van der Waals surface area contributed by atoms with Gasteiger partial charge in [-0.1, -0.05) is 170 Å². The minimum Gasteiger partial charge on any atom is -0.457 e. The molecule has 2 nitrogen and oxygen atoms in total. The van der Waals surface area contributed by atoms with Gasteiger partial charge in [0.05, 0.1) is 0 Å². The minimum atomic E-state index is 0.806. The van der Waals surface area contributed by atoms with Crippen LogP contribution in [0.4, 0.5) is 0 Å².